The van der Waals surface area contributed by atoms with E-state index in [0.29, 0.717) is 43.0 Å². The van der Waals surface area contributed by atoms with E-state index in [1.54, 1.807) is 12.3 Å². The number of anilines is 2. The van der Waals surface area contributed by atoms with Crippen LogP contribution in [0.15, 0.2) is 60.8 Å². The van der Waals surface area contributed by atoms with E-state index in [9.17, 15) is 18.0 Å². The minimum atomic E-state index is -4.38. The van der Waals surface area contributed by atoms with Crippen LogP contribution in [0.3, 0.4) is 0 Å². The number of ether oxygens (including phenoxy) is 1. The van der Waals surface area contributed by atoms with Crippen molar-refractivity contribution in [3.63, 3.8) is 0 Å². The topological polar surface area (TPSA) is 54.5 Å². The standard InChI is InChI=1S/C26H24F3N3O2/c27-26(28,29)18-4-1-3-17(13-18)14-20-15-21(7-10-30-20)32-11-8-22-23(5-2-6-24(22)32)25(33)31-19-9-12-34-16-19/h1-7,10,13,15,19H,8-9,11-12,14,16H2,(H,31,33)/t19-/m0/s1. The molecular weight excluding hydrogens is 443 g/mol. The molecule has 34 heavy (non-hydrogen) atoms. The van der Waals surface area contributed by atoms with E-state index in [0.717, 1.165) is 35.8 Å². The Balaban J connectivity index is 1.37. The number of halogens is 3. The van der Waals surface area contributed by atoms with Crippen molar-refractivity contribution in [3.8, 4) is 0 Å². The number of carbonyl (C=O) groups is 1. The largest absolute Gasteiger partial charge is 0.416 e. The maximum Gasteiger partial charge on any atom is 0.416 e. The fourth-order valence-corrected chi connectivity index (χ4v) is 4.62. The molecule has 8 heteroatoms. The van der Waals surface area contributed by atoms with Crippen molar-refractivity contribution < 1.29 is 22.7 Å². The lowest BCUT2D eigenvalue weighted by atomic mass is 10.0. The number of amides is 1. The molecule has 1 N–H and O–H groups in total. The van der Waals surface area contributed by atoms with Crippen molar-refractivity contribution in [2.45, 2.75) is 31.5 Å². The molecule has 1 amide bonds. The predicted octanol–water partition coefficient (Wildman–Crippen LogP) is 4.90. The molecule has 1 fully saturated rings. The van der Waals surface area contributed by atoms with Gasteiger partial charge in [0.2, 0.25) is 0 Å². The first-order valence-electron chi connectivity index (χ1n) is 11.3. The molecule has 2 aliphatic heterocycles. The highest BCUT2D eigenvalue weighted by molar-refractivity contribution is 5.98. The summed E-state index contributed by atoms with van der Waals surface area (Å²) >= 11 is 0. The molecule has 3 aromatic rings. The molecule has 2 aromatic carbocycles. The van der Waals surface area contributed by atoms with E-state index < -0.39 is 11.7 Å². The highest BCUT2D eigenvalue weighted by Crippen LogP contribution is 2.37. The summed E-state index contributed by atoms with van der Waals surface area (Å²) in [5.74, 6) is -0.0887. The second-order valence-electron chi connectivity index (χ2n) is 8.62. The molecule has 0 radical (unpaired) electrons. The minimum absolute atomic E-state index is 0.0412. The van der Waals surface area contributed by atoms with Gasteiger partial charge in [-0.3, -0.25) is 9.78 Å². The molecule has 1 atom stereocenters. The number of nitrogens with one attached hydrogen (secondary N) is 1. The van der Waals surface area contributed by atoms with Crippen molar-refractivity contribution in [2.24, 2.45) is 0 Å². The van der Waals surface area contributed by atoms with Crippen molar-refractivity contribution in [3.05, 3.63) is 88.7 Å². The van der Waals surface area contributed by atoms with E-state index >= 15 is 0 Å². The molecule has 176 valence electrons. The Bertz CT molecular complexity index is 1210. The number of hydrogen-bond acceptors (Lipinski definition) is 4. The van der Waals surface area contributed by atoms with Gasteiger partial charge in [-0.2, -0.15) is 13.2 Å². The van der Waals surface area contributed by atoms with Crippen LogP contribution >= 0.6 is 0 Å². The molecule has 0 bridgehead atoms. The van der Waals surface area contributed by atoms with E-state index in [2.05, 4.69) is 15.2 Å². The van der Waals surface area contributed by atoms with Gasteiger partial charge >= 0.3 is 6.18 Å². The first-order chi connectivity index (χ1) is 16.4. The number of alkyl halides is 3. The fraction of sp³-hybridized carbons (Fsp3) is 0.308. The molecule has 5 rings (SSSR count). The lowest BCUT2D eigenvalue weighted by molar-refractivity contribution is -0.137. The molecule has 0 aliphatic carbocycles. The molecule has 1 aromatic heterocycles. The monoisotopic (exact) mass is 467 g/mol. The maximum absolute atomic E-state index is 13.1. The second-order valence-corrected chi connectivity index (χ2v) is 8.62. The number of pyridine rings is 1. The number of fused-ring (bicyclic) bond motifs is 1. The number of aromatic nitrogens is 1. The van der Waals surface area contributed by atoms with Crippen LogP contribution in [0.5, 0.6) is 0 Å². The summed E-state index contributed by atoms with van der Waals surface area (Å²) in [6.45, 7) is 1.91. The lowest BCUT2D eigenvalue weighted by Gasteiger charge is -2.21. The smallest absolute Gasteiger partial charge is 0.379 e. The van der Waals surface area contributed by atoms with Gasteiger partial charge in [0, 0.05) is 48.4 Å². The summed E-state index contributed by atoms with van der Waals surface area (Å²) in [4.78, 5) is 19.4. The fourth-order valence-electron chi connectivity index (χ4n) is 4.62. The number of benzene rings is 2. The molecule has 1 saturated heterocycles. The third kappa shape index (κ3) is 4.63. The Labute approximate surface area is 195 Å². The van der Waals surface area contributed by atoms with Crippen LogP contribution < -0.4 is 10.2 Å². The molecule has 0 unspecified atom stereocenters. The summed E-state index contributed by atoms with van der Waals surface area (Å²) in [6.07, 6.45) is -0.861. The number of hydrogen-bond donors (Lipinski definition) is 1. The number of rotatable bonds is 5. The van der Waals surface area contributed by atoms with E-state index in [-0.39, 0.29) is 11.9 Å². The van der Waals surface area contributed by atoms with Crippen LogP contribution in [0.4, 0.5) is 24.5 Å². The van der Waals surface area contributed by atoms with Crippen LogP contribution in [0.2, 0.25) is 0 Å². The van der Waals surface area contributed by atoms with E-state index in [4.69, 9.17) is 4.74 Å². The zero-order chi connectivity index (χ0) is 23.7. The van der Waals surface area contributed by atoms with Crippen LogP contribution in [-0.2, 0) is 23.8 Å². The summed E-state index contributed by atoms with van der Waals surface area (Å²) in [5, 5.41) is 3.06. The lowest BCUT2D eigenvalue weighted by Crippen LogP contribution is -2.35. The minimum Gasteiger partial charge on any atom is -0.379 e. The molecule has 3 heterocycles. The van der Waals surface area contributed by atoms with Crippen LogP contribution in [-0.4, -0.2) is 36.7 Å². The SMILES string of the molecule is O=C(N[C@H]1CCOC1)c1cccc2c1CCN2c1ccnc(Cc2cccc(C(F)(F)F)c2)c1. The quantitative estimate of drug-likeness (QED) is 0.580. The van der Waals surface area contributed by atoms with Crippen LogP contribution in [0, 0.1) is 0 Å². The van der Waals surface area contributed by atoms with Crippen molar-refractivity contribution in [1.29, 1.82) is 0 Å². The second kappa shape index (κ2) is 9.10. The maximum atomic E-state index is 13.1. The normalized spacial score (nSPS) is 17.6. The average Bonchev–Trinajstić information content (AvgIpc) is 3.48. The van der Waals surface area contributed by atoms with Crippen LogP contribution in [0.25, 0.3) is 0 Å². The van der Waals surface area contributed by atoms with Gasteiger partial charge in [0.05, 0.1) is 18.2 Å². The number of nitrogens with zero attached hydrogens (tertiary/aromatic N) is 2. The van der Waals surface area contributed by atoms with Gasteiger partial charge in [-0.05, 0) is 54.3 Å². The third-order valence-electron chi connectivity index (χ3n) is 6.29. The Kier molecular flexibility index (Phi) is 6.00. The number of carbonyl (C=O) groups excluding carboxylic acids is 1. The van der Waals surface area contributed by atoms with Crippen molar-refractivity contribution in [2.75, 3.05) is 24.7 Å². The Hall–Kier alpha value is -3.39. The zero-order valence-corrected chi connectivity index (χ0v) is 18.4. The van der Waals surface area contributed by atoms with Gasteiger partial charge in [-0.25, -0.2) is 0 Å². The molecule has 0 spiro atoms. The molecule has 2 aliphatic rings. The summed E-state index contributed by atoms with van der Waals surface area (Å²) in [7, 11) is 0. The van der Waals surface area contributed by atoms with Gasteiger partial charge in [-0.15, -0.1) is 0 Å². The van der Waals surface area contributed by atoms with Crippen molar-refractivity contribution in [1.82, 2.24) is 10.3 Å². The van der Waals surface area contributed by atoms with Crippen LogP contribution in [0.1, 0.15) is 39.2 Å². The Morgan fingerprint density at radius 2 is 2.00 bits per heavy atom. The van der Waals surface area contributed by atoms with Gasteiger partial charge in [0.1, 0.15) is 0 Å². The Morgan fingerprint density at radius 1 is 1.15 bits per heavy atom. The highest BCUT2D eigenvalue weighted by atomic mass is 19.4. The highest BCUT2D eigenvalue weighted by Gasteiger charge is 2.30. The molecule has 0 saturated carbocycles. The van der Waals surface area contributed by atoms with Crippen molar-refractivity contribution >= 4 is 17.3 Å². The average molecular weight is 467 g/mol. The van der Waals surface area contributed by atoms with E-state index in [1.807, 2.05) is 30.3 Å². The molecule has 5 nitrogen and oxygen atoms in total. The third-order valence-corrected chi connectivity index (χ3v) is 6.29. The van der Waals surface area contributed by atoms with Gasteiger partial charge in [-0.1, -0.05) is 24.3 Å². The molecular formula is C26H24F3N3O2. The first kappa shape index (κ1) is 22.4. The zero-order valence-electron chi connectivity index (χ0n) is 18.4. The summed E-state index contributed by atoms with van der Waals surface area (Å²) in [6, 6.07) is 14.9. The summed E-state index contributed by atoms with van der Waals surface area (Å²) < 4.78 is 44.5. The predicted molar refractivity (Wildman–Crippen MR) is 122 cm³/mol. The van der Waals surface area contributed by atoms with E-state index in [1.165, 1.54) is 12.1 Å². The van der Waals surface area contributed by atoms with Gasteiger partial charge in [0.25, 0.3) is 5.91 Å². The first-order valence-corrected chi connectivity index (χ1v) is 11.3. The Morgan fingerprint density at radius 3 is 2.79 bits per heavy atom. The van der Waals surface area contributed by atoms with Gasteiger partial charge < -0.3 is 15.0 Å². The summed E-state index contributed by atoms with van der Waals surface area (Å²) in [5.41, 5.74) is 4.10. The van der Waals surface area contributed by atoms with Gasteiger partial charge in [0.15, 0.2) is 0 Å².